The number of nitrogens with zero attached hydrogens (tertiary/aromatic N) is 5. The Bertz CT molecular complexity index is 624. The van der Waals surface area contributed by atoms with Gasteiger partial charge >= 0.3 is 0 Å². The third-order valence-electron chi connectivity index (χ3n) is 4.71. The van der Waals surface area contributed by atoms with E-state index >= 15 is 0 Å². The van der Waals surface area contributed by atoms with Gasteiger partial charge in [-0.1, -0.05) is 17.3 Å². The van der Waals surface area contributed by atoms with E-state index < -0.39 is 4.92 Å². The Morgan fingerprint density at radius 3 is 2.27 bits per heavy atom. The Kier molecular flexibility index (Phi) is 2.93. The fourth-order valence-corrected chi connectivity index (χ4v) is 4.18. The van der Waals surface area contributed by atoms with E-state index in [0.29, 0.717) is 11.3 Å². The normalized spacial score (nSPS) is 36.5. The number of benzene rings is 1. The lowest BCUT2D eigenvalue weighted by molar-refractivity contribution is -0.384. The summed E-state index contributed by atoms with van der Waals surface area (Å²) in [5, 5.41) is 24.2. The van der Waals surface area contributed by atoms with Crippen molar-refractivity contribution in [2.45, 2.75) is 0 Å². The summed E-state index contributed by atoms with van der Waals surface area (Å²) in [6.07, 6.45) is 0. The number of oxime groups is 1. The van der Waals surface area contributed by atoms with Crippen molar-refractivity contribution < 1.29 is 10.1 Å². The smallest absolute Gasteiger partial charge is 0.270 e. The minimum absolute atomic E-state index is 0.0179. The Morgan fingerprint density at radius 1 is 1.18 bits per heavy atom. The monoisotopic (exact) mass is 303 g/mol. The van der Waals surface area contributed by atoms with Gasteiger partial charge in [0.25, 0.3) is 5.69 Å². The first kappa shape index (κ1) is 13.6. The fraction of sp³-hybridized carbons (Fsp3) is 0.500. The fourth-order valence-electron chi connectivity index (χ4n) is 4.18. The molecule has 1 aromatic carbocycles. The molecule has 8 nitrogen and oxygen atoms in total. The highest BCUT2D eigenvalue weighted by Gasteiger charge is 2.52. The molecule has 4 heterocycles. The van der Waals surface area contributed by atoms with Crippen molar-refractivity contribution in [3.8, 4) is 0 Å². The summed E-state index contributed by atoms with van der Waals surface area (Å²) in [7, 11) is 0. The quantitative estimate of drug-likeness (QED) is 0.380. The zero-order valence-electron chi connectivity index (χ0n) is 12.1. The summed E-state index contributed by atoms with van der Waals surface area (Å²) in [5.41, 5.74) is 0.903. The molecule has 4 aliphatic rings. The van der Waals surface area contributed by atoms with Crippen molar-refractivity contribution in [3.05, 3.63) is 39.9 Å². The second-order valence-electron chi connectivity index (χ2n) is 6.45. The highest BCUT2D eigenvalue weighted by molar-refractivity contribution is 6.05. The van der Waals surface area contributed by atoms with Crippen molar-refractivity contribution >= 4 is 11.4 Å². The van der Waals surface area contributed by atoms with Gasteiger partial charge in [-0.3, -0.25) is 24.8 Å². The Hall–Kier alpha value is -2.03. The molecular weight excluding hydrogens is 286 g/mol. The van der Waals surface area contributed by atoms with Crippen molar-refractivity contribution in [1.82, 2.24) is 14.7 Å². The summed E-state index contributed by atoms with van der Waals surface area (Å²) in [6, 6.07) is 6.36. The van der Waals surface area contributed by atoms with Gasteiger partial charge in [0, 0.05) is 37.3 Å². The minimum Gasteiger partial charge on any atom is -0.411 e. The molecule has 0 aliphatic carbocycles. The average Bonchev–Trinajstić information content (AvgIpc) is 2.46. The van der Waals surface area contributed by atoms with E-state index in [4.69, 9.17) is 0 Å². The molecule has 5 rings (SSSR count). The molecule has 4 bridgehead atoms. The van der Waals surface area contributed by atoms with Crippen LogP contribution in [0.4, 0.5) is 5.69 Å². The van der Waals surface area contributed by atoms with E-state index in [-0.39, 0.29) is 11.1 Å². The van der Waals surface area contributed by atoms with Crippen LogP contribution in [0.1, 0.15) is 5.56 Å². The van der Waals surface area contributed by atoms with Crippen LogP contribution in [0.2, 0.25) is 0 Å². The molecule has 0 aromatic heterocycles. The van der Waals surface area contributed by atoms with Gasteiger partial charge in [0.05, 0.1) is 36.1 Å². The van der Waals surface area contributed by atoms with Crippen LogP contribution in [0, 0.1) is 15.5 Å². The minimum atomic E-state index is -0.422. The second kappa shape index (κ2) is 4.73. The molecule has 0 atom stereocenters. The van der Waals surface area contributed by atoms with Crippen LogP contribution in [0.5, 0.6) is 0 Å². The molecule has 22 heavy (non-hydrogen) atoms. The van der Waals surface area contributed by atoms with E-state index in [1.54, 1.807) is 12.1 Å². The van der Waals surface area contributed by atoms with Gasteiger partial charge in [-0.2, -0.15) is 0 Å². The molecule has 0 saturated carbocycles. The molecule has 4 saturated heterocycles. The van der Waals surface area contributed by atoms with Gasteiger partial charge < -0.3 is 5.21 Å². The standard InChI is InChI=1S/C14H17N5O3/c20-15-13(11-2-1-3-12(4-11)19(21)22)14-5-16-8-17(6-14)10-18(7-14)9-16/h1-4,20H,5-10H2. The van der Waals surface area contributed by atoms with Gasteiger partial charge in [0.15, 0.2) is 0 Å². The Balaban J connectivity index is 1.74. The van der Waals surface area contributed by atoms with Crippen LogP contribution in [-0.2, 0) is 0 Å². The summed E-state index contributed by atoms with van der Waals surface area (Å²) in [6.45, 7) is 5.27. The maximum absolute atomic E-state index is 11.0. The third kappa shape index (κ3) is 1.99. The Labute approximate surface area is 127 Å². The molecule has 0 unspecified atom stereocenters. The number of non-ortho nitro benzene ring substituents is 1. The summed E-state index contributed by atoms with van der Waals surface area (Å²) in [5.74, 6) is 0. The first-order chi connectivity index (χ1) is 10.6. The molecule has 8 heteroatoms. The van der Waals surface area contributed by atoms with Gasteiger partial charge in [-0.25, -0.2) is 0 Å². The third-order valence-corrected chi connectivity index (χ3v) is 4.71. The molecule has 116 valence electrons. The number of hydrogen-bond donors (Lipinski definition) is 1. The summed E-state index contributed by atoms with van der Waals surface area (Å²) >= 11 is 0. The Morgan fingerprint density at radius 2 is 1.77 bits per heavy atom. The predicted molar refractivity (Wildman–Crippen MR) is 78.6 cm³/mol. The first-order valence-corrected chi connectivity index (χ1v) is 7.24. The van der Waals surface area contributed by atoms with Crippen molar-refractivity contribution in [2.75, 3.05) is 39.6 Å². The van der Waals surface area contributed by atoms with E-state index in [2.05, 4.69) is 19.9 Å². The lowest BCUT2D eigenvalue weighted by Gasteiger charge is -2.60. The van der Waals surface area contributed by atoms with Crippen LogP contribution in [0.15, 0.2) is 29.4 Å². The molecule has 4 aliphatic heterocycles. The van der Waals surface area contributed by atoms with Crippen LogP contribution < -0.4 is 0 Å². The topological polar surface area (TPSA) is 85.4 Å². The molecule has 4 fully saturated rings. The van der Waals surface area contributed by atoms with Gasteiger partial charge in [0.1, 0.15) is 0 Å². The van der Waals surface area contributed by atoms with E-state index in [1.165, 1.54) is 12.1 Å². The van der Waals surface area contributed by atoms with E-state index in [1.807, 2.05) is 0 Å². The average molecular weight is 303 g/mol. The lowest BCUT2D eigenvalue weighted by atomic mass is 9.74. The highest BCUT2D eigenvalue weighted by Crippen LogP contribution is 2.38. The van der Waals surface area contributed by atoms with Crippen molar-refractivity contribution in [1.29, 1.82) is 0 Å². The molecule has 1 N–H and O–H groups in total. The molecule has 0 amide bonds. The SMILES string of the molecule is O=[N+]([O-])c1cccc(C(=NO)C23CN4CN(CN(C4)C2)C3)c1. The van der Waals surface area contributed by atoms with E-state index in [9.17, 15) is 15.3 Å². The van der Waals surface area contributed by atoms with Crippen LogP contribution >= 0.6 is 0 Å². The predicted octanol–water partition coefficient (Wildman–Crippen LogP) is 0.579. The number of hydrogen-bond acceptors (Lipinski definition) is 7. The summed E-state index contributed by atoms with van der Waals surface area (Å²) < 4.78 is 0. The zero-order valence-corrected chi connectivity index (χ0v) is 12.1. The van der Waals surface area contributed by atoms with Crippen molar-refractivity contribution in [3.63, 3.8) is 0 Å². The number of rotatable bonds is 3. The maximum Gasteiger partial charge on any atom is 0.270 e. The largest absolute Gasteiger partial charge is 0.411 e. The van der Waals surface area contributed by atoms with Gasteiger partial charge in [-0.15, -0.1) is 0 Å². The molecule has 1 aromatic rings. The number of nitro benzene ring substituents is 1. The van der Waals surface area contributed by atoms with Crippen LogP contribution in [0.25, 0.3) is 0 Å². The lowest BCUT2D eigenvalue weighted by Crippen LogP contribution is -2.74. The molecular formula is C14H17N5O3. The van der Waals surface area contributed by atoms with Crippen LogP contribution in [-0.4, -0.2) is 70.2 Å². The van der Waals surface area contributed by atoms with Crippen LogP contribution in [0.3, 0.4) is 0 Å². The van der Waals surface area contributed by atoms with Crippen molar-refractivity contribution in [2.24, 2.45) is 10.6 Å². The summed E-state index contributed by atoms with van der Waals surface area (Å²) in [4.78, 5) is 17.5. The van der Waals surface area contributed by atoms with Gasteiger partial charge in [-0.05, 0) is 0 Å². The van der Waals surface area contributed by atoms with Gasteiger partial charge in [0.2, 0.25) is 0 Å². The molecule has 0 radical (unpaired) electrons. The highest BCUT2D eigenvalue weighted by atomic mass is 16.6. The molecule has 0 spiro atoms. The maximum atomic E-state index is 11.0. The number of nitro groups is 1. The second-order valence-corrected chi connectivity index (χ2v) is 6.45. The first-order valence-electron chi connectivity index (χ1n) is 7.24. The van der Waals surface area contributed by atoms with E-state index in [0.717, 1.165) is 39.6 Å². The zero-order chi connectivity index (χ0) is 15.3.